The normalized spacial score (nSPS) is 13.7. The van der Waals surface area contributed by atoms with E-state index in [1.807, 2.05) is 0 Å². The fourth-order valence-corrected chi connectivity index (χ4v) is 3.30. The Hall–Kier alpha value is -3.62. The zero-order chi connectivity index (χ0) is 21.3. The maximum absolute atomic E-state index is 12.9. The number of esters is 1. The molecule has 0 saturated heterocycles. The molecule has 1 aliphatic heterocycles. The van der Waals surface area contributed by atoms with Crippen molar-refractivity contribution >= 4 is 24.0 Å². The van der Waals surface area contributed by atoms with Crippen LogP contribution in [0.1, 0.15) is 44.6 Å². The summed E-state index contributed by atoms with van der Waals surface area (Å²) in [7, 11) is 1.41. The molecule has 2 amide bonds. The SMILES string of the molecule is CCOC(=O)c1c(C)c2n(c1C)CC(=O)N(N=Cc1ccc(O)c(OC)c1)C2=O. The molecule has 0 fully saturated rings. The first kappa shape index (κ1) is 20.1. The number of phenols is 1. The van der Waals surface area contributed by atoms with Gasteiger partial charge in [-0.3, -0.25) is 9.59 Å². The number of methoxy groups -OCH3 is 1. The van der Waals surface area contributed by atoms with Gasteiger partial charge in [0, 0.05) is 5.69 Å². The molecule has 0 atom stereocenters. The fraction of sp³-hybridized carbons (Fsp3) is 0.300. The summed E-state index contributed by atoms with van der Waals surface area (Å²) < 4.78 is 11.6. The number of carbonyl (C=O) groups is 3. The Kier molecular flexibility index (Phi) is 5.40. The smallest absolute Gasteiger partial charge is 0.340 e. The molecule has 1 aromatic heterocycles. The number of hydrogen-bond donors (Lipinski definition) is 1. The first-order valence-electron chi connectivity index (χ1n) is 8.95. The molecular weight excluding hydrogens is 378 g/mol. The molecule has 0 radical (unpaired) electrons. The van der Waals surface area contributed by atoms with Crippen molar-refractivity contribution in [1.82, 2.24) is 9.58 Å². The van der Waals surface area contributed by atoms with Gasteiger partial charge < -0.3 is 19.1 Å². The number of aromatic hydroxyl groups is 1. The summed E-state index contributed by atoms with van der Waals surface area (Å²) in [6, 6.07) is 4.51. The monoisotopic (exact) mass is 399 g/mol. The Morgan fingerprint density at radius 2 is 2.03 bits per heavy atom. The average molecular weight is 399 g/mol. The van der Waals surface area contributed by atoms with Gasteiger partial charge in [-0.1, -0.05) is 0 Å². The number of nitrogens with zero attached hydrogens (tertiary/aromatic N) is 3. The summed E-state index contributed by atoms with van der Waals surface area (Å²) in [5, 5.41) is 14.5. The third-order valence-corrected chi connectivity index (χ3v) is 4.70. The molecule has 0 saturated carbocycles. The molecule has 1 N–H and O–H groups in total. The second kappa shape index (κ2) is 7.78. The van der Waals surface area contributed by atoms with Gasteiger partial charge in [-0.05, 0) is 50.1 Å². The van der Waals surface area contributed by atoms with E-state index in [2.05, 4.69) is 5.10 Å². The lowest BCUT2D eigenvalue weighted by Crippen LogP contribution is -2.42. The molecule has 0 bridgehead atoms. The largest absolute Gasteiger partial charge is 0.504 e. The number of imide groups is 1. The van der Waals surface area contributed by atoms with Gasteiger partial charge in [0.25, 0.3) is 11.8 Å². The standard InChI is InChI=1S/C20H21N3O6/c1-5-29-20(27)17-11(2)18-19(26)23(16(25)10-22(18)12(17)3)21-9-13-6-7-14(24)15(8-13)28-4/h6-9,24H,5,10H2,1-4H3. The minimum absolute atomic E-state index is 0.0369. The first-order chi connectivity index (χ1) is 13.8. The third kappa shape index (κ3) is 3.46. The number of phenolic OH excluding ortho intramolecular Hbond substituents is 1. The number of hydrogen-bond acceptors (Lipinski definition) is 7. The molecule has 0 unspecified atom stereocenters. The van der Waals surface area contributed by atoms with Crippen molar-refractivity contribution in [1.29, 1.82) is 0 Å². The van der Waals surface area contributed by atoms with Crippen LogP contribution in [0.2, 0.25) is 0 Å². The second-order valence-corrected chi connectivity index (χ2v) is 6.43. The van der Waals surface area contributed by atoms with Crippen molar-refractivity contribution in [2.24, 2.45) is 5.10 Å². The second-order valence-electron chi connectivity index (χ2n) is 6.43. The van der Waals surface area contributed by atoms with E-state index in [0.29, 0.717) is 16.8 Å². The van der Waals surface area contributed by atoms with Crippen molar-refractivity contribution in [3.05, 3.63) is 46.3 Å². The zero-order valence-electron chi connectivity index (χ0n) is 16.6. The highest BCUT2D eigenvalue weighted by Crippen LogP contribution is 2.28. The number of amides is 2. The number of fused-ring (bicyclic) bond motifs is 1. The highest BCUT2D eigenvalue weighted by Gasteiger charge is 2.37. The molecular formula is C20H21N3O6. The van der Waals surface area contributed by atoms with Crippen LogP contribution in [0.4, 0.5) is 0 Å². The predicted octanol–water partition coefficient (Wildman–Crippen LogP) is 2.01. The summed E-state index contributed by atoms with van der Waals surface area (Å²) in [5.41, 5.74) is 2.00. The minimum atomic E-state index is -0.626. The Balaban J connectivity index is 1.96. The van der Waals surface area contributed by atoms with Crippen LogP contribution in [0, 0.1) is 13.8 Å². The van der Waals surface area contributed by atoms with Crippen LogP contribution < -0.4 is 4.74 Å². The zero-order valence-corrected chi connectivity index (χ0v) is 16.6. The van der Waals surface area contributed by atoms with E-state index < -0.39 is 17.8 Å². The molecule has 29 heavy (non-hydrogen) atoms. The van der Waals surface area contributed by atoms with Crippen LogP contribution in [-0.4, -0.2) is 52.4 Å². The average Bonchev–Trinajstić information content (AvgIpc) is 2.93. The van der Waals surface area contributed by atoms with Crippen LogP contribution in [0.25, 0.3) is 0 Å². The fourth-order valence-electron chi connectivity index (χ4n) is 3.30. The Morgan fingerprint density at radius 3 is 2.69 bits per heavy atom. The quantitative estimate of drug-likeness (QED) is 0.468. The number of ether oxygens (including phenoxy) is 2. The van der Waals surface area contributed by atoms with Gasteiger partial charge in [0.15, 0.2) is 11.5 Å². The third-order valence-electron chi connectivity index (χ3n) is 4.70. The predicted molar refractivity (Wildman–Crippen MR) is 103 cm³/mol. The van der Waals surface area contributed by atoms with Crippen LogP contribution in [0.3, 0.4) is 0 Å². The number of rotatable bonds is 5. The highest BCUT2D eigenvalue weighted by atomic mass is 16.5. The summed E-state index contributed by atoms with van der Waals surface area (Å²) in [6.07, 6.45) is 1.32. The van der Waals surface area contributed by atoms with Gasteiger partial charge in [0.2, 0.25) is 0 Å². The molecule has 0 aliphatic carbocycles. The van der Waals surface area contributed by atoms with Crippen molar-refractivity contribution in [3.63, 3.8) is 0 Å². The maximum Gasteiger partial charge on any atom is 0.340 e. The Labute approximate surface area is 167 Å². The summed E-state index contributed by atoms with van der Waals surface area (Å²) in [4.78, 5) is 37.7. The number of aromatic nitrogens is 1. The first-order valence-corrected chi connectivity index (χ1v) is 8.95. The van der Waals surface area contributed by atoms with Crippen molar-refractivity contribution in [2.45, 2.75) is 27.3 Å². The van der Waals surface area contributed by atoms with Gasteiger partial charge in [-0.2, -0.15) is 10.1 Å². The van der Waals surface area contributed by atoms with E-state index in [0.717, 1.165) is 5.01 Å². The van der Waals surface area contributed by atoms with Crippen molar-refractivity contribution in [2.75, 3.05) is 13.7 Å². The lowest BCUT2D eigenvalue weighted by atomic mass is 10.1. The minimum Gasteiger partial charge on any atom is -0.504 e. The van der Waals surface area contributed by atoms with E-state index in [1.54, 1.807) is 26.8 Å². The Bertz CT molecular complexity index is 1040. The topological polar surface area (TPSA) is 110 Å². The molecule has 2 heterocycles. The van der Waals surface area contributed by atoms with E-state index in [-0.39, 0.29) is 35.9 Å². The van der Waals surface area contributed by atoms with Crippen LogP contribution in [0.15, 0.2) is 23.3 Å². The van der Waals surface area contributed by atoms with E-state index in [9.17, 15) is 19.5 Å². The van der Waals surface area contributed by atoms with Gasteiger partial charge in [0.1, 0.15) is 12.2 Å². The van der Waals surface area contributed by atoms with Gasteiger partial charge in [-0.15, -0.1) is 0 Å². The molecule has 0 spiro atoms. The molecule has 1 aromatic carbocycles. The van der Waals surface area contributed by atoms with Crippen molar-refractivity contribution < 1.29 is 29.0 Å². The van der Waals surface area contributed by atoms with Crippen molar-refractivity contribution in [3.8, 4) is 11.5 Å². The van der Waals surface area contributed by atoms with Gasteiger partial charge in [-0.25, -0.2) is 4.79 Å². The molecule has 152 valence electrons. The van der Waals surface area contributed by atoms with E-state index in [1.165, 1.54) is 30.0 Å². The van der Waals surface area contributed by atoms with E-state index in [4.69, 9.17) is 9.47 Å². The molecule has 3 rings (SSSR count). The Morgan fingerprint density at radius 1 is 1.31 bits per heavy atom. The molecule has 2 aromatic rings. The van der Waals surface area contributed by atoms with Gasteiger partial charge >= 0.3 is 5.97 Å². The van der Waals surface area contributed by atoms with Crippen LogP contribution in [-0.2, 0) is 16.1 Å². The van der Waals surface area contributed by atoms with Gasteiger partial charge in [0.05, 0.1) is 25.5 Å². The summed E-state index contributed by atoms with van der Waals surface area (Å²) in [6.45, 7) is 5.10. The molecule has 9 heteroatoms. The highest BCUT2D eigenvalue weighted by molar-refractivity contribution is 6.09. The maximum atomic E-state index is 12.9. The number of carbonyl (C=O) groups excluding carboxylic acids is 3. The number of benzene rings is 1. The molecule has 9 nitrogen and oxygen atoms in total. The van der Waals surface area contributed by atoms with Crippen LogP contribution >= 0.6 is 0 Å². The lowest BCUT2D eigenvalue weighted by molar-refractivity contribution is -0.130. The number of hydrazone groups is 1. The van der Waals surface area contributed by atoms with E-state index >= 15 is 0 Å². The van der Waals surface area contributed by atoms with Crippen LogP contribution in [0.5, 0.6) is 11.5 Å². The summed E-state index contributed by atoms with van der Waals surface area (Å²) in [5.74, 6) is -1.48. The molecule has 1 aliphatic rings. The summed E-state index contributed by atoms with van der Waals surface area (Å²) >= 11 is 0. The lowest BCUT2D eigenvalue weighted by Gasteiger charge is -2.23.